The van der Waals surface area contributed by atoms with Crippen molar-refractivity contribution in [1.82, 2.24) is 9.55 Å². The fourth-order valence-electron chi connectivity index (χ4n) is 3.16. The molecule has 28 heavy (non-hydrogen) atoms. The summed E-state index contributed by atoms with van der Waals surface area (Å²) in [6.45, 7) is 1.94. The van der Waals surface area contributed by atoms with Gasteiger partial charge in [0.05, 0.1) is 15.8 Å². The van der Waals surface area contributed by atoms with Gasteiger partial charge in [0, 0.05) is 24.4 Å². The van der Waals surface area contributed by atoms with Gasteiger partial charge < -0.3 is 0 Å². The SMILES string of the molecule is C[C@H](Sc1nc2cc3ccccc3cc2c(=O)n1C)c1cccc([N+](=O)[O-])c1. The van der Waals surface area contributed by atoms with Gasteiger partial charge in [0.15, 0.2) is 5.16 Å². The van der Waals surface area contributed by atoms with Gasteiger partial charge in [0.25, 0.3) is 11.2 Å². The Morgan fingerprint density at radius 1 is 1.07 bits per heavy atom. The van der Waals surface area contributed by atoms with Crippen LogP contribution >= 0.6 is 11.8 Å². The Morgan fingerprint density at radius 2 is 1.79 bits per heavy atom. The molecule has 7 heteroatoms. The first-order chi connectivity index (χ1) is 13.4. The minimum atomic E-state index is -0.407. The van der Waals surface area contributed by atoms with E-state index in [0.717, 1.165) is 16.3 Å². The number of nitro benzene ring substituents is 1. The maximum atomic E-state index is 12.9. The molecular weight excluding hydrogens is 374 g/mol. The normalized spacial score (nSPS) is 12.4. The lowest BCUT2D eigenvalue weighted by Gasteiger charge is -2.14. The number of nitro groups is 1. The van der Waals surface area contributed by atoms with Crippen LogP contribution in [0.4, 0.5) is 5.69 Å². The Hall–Kier alpha value is -3.19. The van der Waals surface area contributed by atoms with Gasteiger partial charge in [-0.1, -0.05) is 48.2 Å². The van der Waals surface area contributed by atoms with E-state index in [1.807, 2.05) is 49.4 Å². The van der Waals surface area contributed by atoms with Crippen molar-refractivity contribution in [2.75, 3.05) is 0 Å². The van der Waals surface area contributed by atoms with E-state index in [2.05, 4.69) is 0 Å². The maximum absolute atomic E-state index is 12.9. The smallest absolute Gasteiger partial charge is 0.269 e. The van der Waals surface area contributed by atoms with Gasteiger partial charge in [-0.2, -0.15) is 0 Å². The molecule has 0 aliphatic carbocycles. The summed E-state index contributed by atoms with van der Waals surface area (Å²) in [4.78, 5) is 28.2. The molecule has 4 aromatic rings. The lowest BCUT2D eigenvalue weighted by Crippen LogP contribution is -2.20. The van der Waals surface area contributed by atoms with Gasteiger partial charge >= 0.3 is 0 Å². The highest BCUT2D eigenvalue weighted by Gasteiger charge is 2.16. The first kappa shape index (κ1) is 18.2. The zero-order valence-corrected chi connectivity index (χ0v) is 16.1. The fourth-order valence-corrected chi connectivity index (χ4v) is 4.15. The Labute approximate surface area is 165 Å². The molecule has 0 aliphatic rings. The Bertz CT molecular complexity index is 1280. The highest BCUT2D eigenvalue weighted by molar-refractivity contribution is 7.99. The first-order valence-corrected chi connectivity index (χ1v) is 9.62. The van der Waals surface area contributed by atoms with E-state index in [0.29, 0.717) is 16.1 Å². The molecule has 0 amide bonds. The Morgan fingerprint density at radius 3 is 2.50 bits per heavy atom. The van der Waals surface area contributed by atoms with E-state index >= 15 is 0 Å². The molecule has 6 nitrogen and oxygen atoms in total. The molecule has 0 bridgehead atoms. The van der Waals surface area contributed by atoms with Crippen LogP contribution in [0, 0.1) is 10.1 Å². The summed E-state index contributed by atoms with van der Waals surface area (Å²) < 4.78 is 1.54. The number of non-ortho nitro benzene ring substituents is 1. The van der Waals surface area contributed by atoms with Gasteiger partial charge in [-0.3, -0.25) is 19.5 Å². The second-order valence-electron chi connectivity index (χ2n) is 6.59. The second kappa shape index (κ2) is 7.09. The molecule has 0 radical (unpaired) electrons. The van der Waals surface area contributed by atoms with Crippen LogP contribution < -0.4 is 5.56 Å². The maximum Gasteiger partial charge on any atom is 0.269 e. The van der Waals surface area contributed by atoms with E-state index in [1.165, 1.54) is 22.4 Å². The zero-order valence-electron chi connectivity index (χ0n) is 15.3. The van der Waals surface area contributed by atoms with Crippen LogP contribution in [0.1, 0.15) is 17.7 Å². The molecule has 0 aliphatic heterocycles. The Balaban J connectivity index is 1.77. The number of hydrogen-bond donors (Lipinski definition) is 0. The topological polar surface area (TPSA) is 78.0 Å². The van der Waals surface area contributed by atoms with Crippen molar-refractivity contribution in [1.29, 1.82) is 0 Å². The molecule has 140 valence electrons. The largest absolute Gasteiger partial charge is 0.290 e. The molecule has 4 rings (SSSR count). The van der Waals surface area contributed by atoms with Crippen LogP contribution in [0.15, 0.2) is 70.6 Å². The van der Waals surface area contributed by atoms with Crippen molar-refractivity contribution >= 4 is 39.1 Å². The summed E-state index contributed by atoms with van der Waals surface area (Å²) in [6, 6.07) is 18.2. The second-order valence-corrected chi connectivity index (χ2v) is 7.90. The average Bonchev–Trinajstić information content (AvgIpc) is 2.70. The van der Waals surface area contributed by atoms with Crippen molar-refractivity contribution in [3.63, 3.8) is 0 Å². The van der Waals surface area contributed by atoms with Crippen molar-refractivity contribution in [3.05, 3.63) is 86.7 Å². The minimum Gasteiger partial charge on any atom is -0.290 e. The average molecular weight is 391 g/mol. The molecule has 0 unspecified atom stereocenters. The molecule has 1 atom stereocenters. The number of aromatic nitrogens is 2. The van der Waals surface area contributed by atoms with E-state index in [4.69, 9.17) is 4.98 Å². The molecule has 3 aromatic carbocycles. The van der Waals surface area contributed by atoms with Crippen LogP contribution in [0.3, 0.4) is 0 Å². The van der Waals surface area contributed by atoms with Gasteiger partial charge in [-0.15, -0.1) is 0 Å². The molecule has 1 heterocycles. The van der Waals surface area contributed by atoms with Crippen molar-refractivity contribution in [2.24, 2.45) is 7.05 Å². The third kappa shape index (κ3) is 3.25. The third-order valence-corrected chi connectivity index (χ3v) is 5.94. The summed E-state index contributed by atoms with van der Waals surface area (Å²) >= 11 is 1.41. The standard InChI is InChI=1S/C21H17N3O3S/c1-13(14-8-5-9-17(10-14)24(26)27)28-21-22-19-12-16-7-4-3-6-15(16)11-18(19)20(25)23(21)2/h3-13H,1-2H3/t13-/m0/s1. The van der Waals surface area contributed by atoms with E-state index in [1.54, 1.807) is 19.2 Å². The number of thioether (sulfide) groups is 1. The van der Waals surface area contributed by atoms with Crippen molar-refractivity contribution < 1.29 is 4.92 Å². The Kier molecular flexibility index (Phi) is 4.60. The summed E-state index contributed by atoms with van der Waals surface area (Å²) in [5, 5.41) is 14.1. The molecule has 0 saturated carbocycles. The lowest BCUT2D eigenvalue weighted by molar-refractivity contribution is -0.384. The summed E-state index contributed by atoms with van der Waals surface area (Å²) in [6.07, 6.45) is 0. The van der Waals surface area contributed by atoms with Crippen LogP contribution in [0.2, 0.25) is 0 Å². The lowest BCUT2D eigenvalue weighted by atomic mass is 10.1. The number of nitrogens with zero attached hydrogens (tertiary/aromatic N) is 3. The van der Waals surface area contributed by atoms with Gasteiger partial charge in [-0.05, 0) is 35.4 Å². The monoisotopic (exact) mass is 391 g/mol. The summed E-state index contributed by atoms with van der Waals surface area (Å²) in [7, 11) is 1.70. The molecule has 1 aromatic heterocycles. The molecule has 0 fully saturated rings. The third-order valence-electron chi connectivity index (χ3n) is 4.73. The zero-order chi connectivity index (χ0) is 19.8. The quantitative estimate of drug-likeness (QED) is 0.163. The predicted octanol–water partition coefficient (Wildman–Crippen LogP) is 4.85. The molecule has 0 saturated heterocycles. The fraction of sp³-hybridized carbons (Fsp3) is 0.143. The van der Waals surface area contributed by atoms with Crippen molar-refractivity contribution in [3.8, 4) is 0 Å². The van der Waals surface area contributed by atoms with E-state index in [9.17, 15) is 14.9 Å². The molecule has 0 spiro atoms. The van der Waals surface area contributed by atoms with Crippen LogP contribution in [0.25, 0.3) is 21.7 Å². The van der Waals surface area contributed by atoms with Crippen LogP contribution in [-0.2, 0) is 7.05 Å². The van der Waals surface area contributed by atoms with E-state index in [-0.39, 0.29) is 16.5 Å². The molecular formula is C21H17N3O3S. The summed E-state index contributed by atoms with van der Waals surface area (Å²) in [5.41, 5.74) is 1.41. The minimum absolute atomic E-state index is 0.0526. The molecule has 0 N–H and O–H groups in total. The van der Waals surface area contributed by atoms with Crippen molar-refractivity contribution in [2.45, 2.75) is 17.3 Å². The predicted molar refractivity (Wildman–Crippen MR) is 112 cm³/mol. The van der Waals surface area contributed by atoms with Crippen LogP contribution in [-0.4, -0.2) is 14.5 Å². The summed E-state index contributed by atoms with van der Waals surface area (Å²) in [5.74, 6) is 0. The van der Waals surface area contributed by atoms with Crippen LogP contribution in [0.5, 0.6) is 0 Å². The highest BCUT2D eigenvalue weighted by atomic mass is 32.2. The first-order valence-electron chi connectivity index (χ1n) is 8.74. The van der Waals surface area contributed by atoms with Gasteiger partial charge in [-0.25, -0.2) is 4.98 Å². The van der Waals surface area contributed by atoms with Gasteiger partial charge in [0.1, 0.15) is 0 Å². The number of rotatable bonds is 4. The number of hydrogen-bond acceptors (Lipinski definition) is 5. The van der Waals surface area contributed by atoms with Gasteiger partial charge in [0.2, 0.25) is 0 Å². The highest BCUT2D eigenvalue weighted by Crippen LogP contribution is 2.35. The van der Waals surface area contributed by atoms with E-state index < -0.39 is 4.92 Å². The number of benzene rings is 3. The number of fused-ring (bicyclic) bond motifs is 2.